The Hall–Kier alpha value is -1.69. The van der Waals surface area contributed by atoms with Crippen molar-refractivity contribution in [2.24, 2.45) is 5.92 Å². The van der Waals surface area contributed by atoms with Gasteiger partial charge in [-0.25, -0.2) is 8.78 Å². The first-order valence-electron chi connectivity index (χ1n) is 6.39. The normalized spacial score (nSPS) is 12.5. The van der Waals surface area contributed by atoms with Crippen LogP contribution in [0.3, 0.4) is 0 Å². The van der Waals surface area contributed by atoms with E-state index in [0.29, 0.717) is 13.1 Å². The minimum Gasteiger partial charge on any atom is -0.481 e. The molecule has 0 radical (unpaired) electrons. The number of hydrogen-bond acceptors (Lipinski definition) is 3. The maximum absolute atomic E-state index is 13.8. The zero-order valence-corrected chi connectivity index (χ0v) is 11.9. The van der Waals surface area contributed by atoms with Crippen LogP contribution in [0.1, 0.15) is 6.92 Å². The van der Waals surface area contributed by atoms with Gasteiger partial charge in [-0.1, -0.05) is 13.0 Å². The first-order chi connectivity index (χ1) is 9.32. The lowest BCUT2D eigenvalue weighted by atomic mass is 10.1. The number of hydrogen-bond donors (Lipinski definition) is 1. The van der Waals surface area contributed by atoms with Gasteiger partial charge < -0.3 is 14.9 Å². The van der Waals surface area contributed by atoms with Crippen molar-refractivity contribution in [3.05, 3.63) is 29.8 Å². The number of rotatable bonds is 7. The highest BCUT2D eigenvalue weighted by molar-refractivity contribution is 5.70. The predicted molar refractivity (Wildman–Crippen MR) is 73.9 cm³/mol. The van der Waals surface area contributed by atoms with Crippen LogP contribution < -0.4 is 4.90 Å². The number of carboxylic acid groups (broad SMARTS) is 1. The summed E-state index contributed by atoms with van der Waals surface area (Å²) in [5.74, 6) is -3.06. The highest BCUT2D eigenvalue weighted by atomic mass is 19.1. The van der Waals surface area contributed by atoms with Crippen LogP contribution in [0.15, 0.2) is 18.2 Å². The van der Waals surface area contributed by atoms with Gasteiger partial charge in [-0.3, -0.25) is 4.79 Å². The number of anilines is 1. The van der Waals surface area contributed by atoms with Gasteiger partial charge in [0.15, 0.2) is 0 Å². The molecule has 0 amide bonds. The van der Waals surface area contributed by atoms with Gasteiger partial charge >= 0.3 is 5.97 Å². The highest BCUT2D eigenvalue weighted by Gasteiger charge is 2.21. The molecule has 0 saturated heterocycles. The third kappa shape index (κ3) is 4.45. The summed E-state index contributed by atoms with van der Waals surface area (Å²) in [5, 5.41) is 8.97. The van der Waals surface area contributed by atoms with Crippen LogP contribution in [0.2, 0.25) is 0 Å². The fourth-order valence-corrected chi connectivity index (χ4v) is 1.81. The molecule has 1 atom stereocenters. The number of likely N-dealkylation sites (N-methyl/N-ethyl adjacent to an activating group) is 1. The Balaban J connectivity index is 3.00. The third-order valence-corrected chi connectivity index (χ3v) is 2.99. The summed E-state index contributed by atoms with van der Waals surface area (Å²) in [5.41, 5.74) is -0.164. The fourth-order valence-electron chi connectivity index (χ4n) is 1.81. The molecule has 1 aromatic carbocycles. The predicted octanol–water partition coefficient (Wildman–Crippen LogP) is 2.05. The van der Waals surface area contributed by atoms with Gasteiger partial charge in [0.05, 0.1) is 5.92 Å². The van der Waals surface area contributed by atoms with Crippen molar-refractivity contribution < 1.29 is 18.7 Å². The maximum atomic E-state index is 13.8. The number of carboxylic acids is 1. The summed E-state index contributed by atoms with van der Waals surface area (Å²) in [6.07, 6.45) is 0. The number of aliphatic carboxylic acids is 1. The van der Waals surface area contributed by atoms with Crippen LogP contribution in [-0.2, 0) is 4.79 Å². The van der Waals surface area contributed by atoms with Gasteiger partial charge in [0.25, 0.3) is 0 Å². The molecule has 6 heteroatoms. The zero-order valence-electron chi connectivity index (χ0n) is 11.9. The van der Waals surface area contributed by atoms with E-state index in [9.17, 15) is 13.6 Å². The summed E-state index contributed by atoms with van der Waals surface area (Å²) in [7, 11) is 3.69. The van der Waals surface area contributed by atoms with Crippen LogP contribution >= 0.6 is 0 Å². The molecule has 0 spiro atoms. The molecule has 0 aliphatic rings. The van der Waals surface area contributed by atoms with E-state index in [4.69, 9.17) is 5.11 Å². The zero-order chi connectivity index (χ0) is 15.3. The summed E-state index contributed by atoms with van der Waals surface area (Å²) in [4.78, 5) is 14.3. The molecule has 0 aromatic heterocycles. The van der Waals surface area contributed by atoms with Gasteiger partial charge in [0, 0.05) is 19.6 Å². The molecule has 1 N–H and O–H groups in total. The maximum Gasteiger partial charge on any atom is 0.308 e. The second kappa shape index (κ2) is 7.19. The minimum atomic E-state index is -0.989. The van der Waals surface area contributed by atoms with Crippen molar-refractivity contribution in [3.63, 3.8) is 0 Å². The van der Waals surface area contributed by atoms with E-state index in [1.807, 2.05) is 19.0 Å². The molecule has 0 aliphatic heterocycles. The van der Waals surface area contributed by atoms with Crippen LogP contribution in [0.25, 0.3) is 0 Å². The fraction of sp³-hybridized carbons (Fsp3) is 0.500. The lowest BCUT2D eigenvalue weighted by molar-refractivity contribution is -0.140. The van der Waals surface area contributed by atoms with Gasteiger partial charge in [0.2, 0.25) is 0 Å². The number of benzene rings is 1. The summed E-state index contributed by atoms with van der Waals surface area (Å²) in [6, 6.07) is 3.64. The Kier molecular flexibility index (Phi) is 5.88. The second-order valence-electron chi connectivity index (χ2n) is 5.06. The monoisotopic (exact) mass is 286 g/mol. The SMILES string of the molecule is CC(CN(CCN(C)C)c1c(F)cccc1F)C(=O)O. The minimum absolute atomic E-state index is 0.0566. The molecule has 112 valence electrons. The van der Waals surface area contributed by atoms with Crippen molar-refractivity contribution in [3.8, 4) is 0 Å². The van der Waals surface area contributed by atoms with Crippen molar-refractivity contribution in [1.82, 2.24) is 4.90 Å². The van der Waals surface area contributed by atoms with Gasteiger partial charge in [-0.2, -0.15) is 0 Å². The molecule has 1 rings (SSSR count). The van der Waals surface area contributed by atoms with Crippen LogP contribution in [0.4, 0.5) is 14.5 Å². The average molecular weight is 286 g/mol. The molecule has 4 nitrogen and oxygen atoms in total. The molecule has 0 heterocycles. The molecular formula is C14H20F2N2O2. The molecule has 0 fully saturated rings. The molecular weight excluding hydrogens is 266 g/mol. The van der Waals surface area contributed by atoms with E-state index in [-0.39, 0.29) is 12.2 Å². The molecule has 1 unspecified atom stereocenters. The second-order valence-corrected chi connectivity index (χ2v) is 5.06. The van der Waals surface area contributed by atoms with Crippen LogP contribution in [0, 0.1) is 17.6 Å². The summed E-state index contributed by atoms with van der Waals surface area (Å²) >= 11 is 0. The lowest BCUT2D eigenvalue weighted by Crippen LogP contribution is -2.37. The number of para-hydroxylation sites is 1. The van der Waals surface area contributed by atoms with E-state index in [1.165, 1.54) is 30.0 Å². The van der Waals surface area contributed by atoms with Crippen LogP contribution in [-0.4, -0.2) is 49.7 Å². The summed E-state index contributed by atoms with van der Waals surface area (Å²) < 4.78 is 27.7. The Bertz CT molecular complexity index is 446. The smallest absolute Gasteiger partial charge is 0.308 e. The molecule has 1 aromatic rings. The molecule has 20 heavy (non-hydrogen) atoms. The molecule has 0 saturated carbocycles. The van der Waals surface area contributed by atoms with Gasteiger partial charge in [0.1, 0.15) is 17.3 Å². The van der Waals surface area contributed by atoms with Crippen molar-refractivity contribution in [2.75, 3.05) is 38.6 Å². The Labute approximate surface area is 117 Å². The van der Waals surface area contributed by atoms with E-state index in [2.05, 4.69) is 0 Å². The number of nitrogens with zero attached hydrogens (tertiary/aromatic N) is 2. The van der Waals surface area contributed by atoms with Crippen molar-refractivity contribution in [2.45, 2.75) is 6.92 Å². The van der Waals surface area contributed by atoms with Crippen molar-refractivity contribution in [1.29, 1.82) is 0 Å². The van der Waals surface area contributed by atoms with E-state index >= 15 is 0 Å². The molecule has 0 aliphatic carbocycles. The number of carbonyl (C=O) groups is 1. The highest BCUT2D eigenvalue weighted by Crippen LogP contribution is 2.24. The largest absolute Gasteiger partial charge is 0.481 e. The Morgan fingerprint density at radius 1 is 1.25 bits per heavy atom. The standard InChI is InChI=1S/C14H20F2N2O2/c1-10(14(19)20)9-18(8-7-17(2)3)13-11(15)5-4-6-12(13)16/h4-6,10H,7-9H2,1-3H3,(H,19,20). The average Bonchev–Trinajstić information content (AvgIpc) is 2.34. The third-order valence-electron chi connectivity index (χ3n) is 2.99. The lowest BCUT2D eigenvalue weighted by Gasteiger charge is -2.28. The first-order valence-corrected chi connectivity index (χ1v) is 6.39. The van der Waals surface area contributed by atoms with Crippen LogP contribution in [0.5, 0.6) is 0 Å². The van der Waals surface area contributed by atoms with Gasteiger partial charge in [-0.15, -0.1) is 0 Å². The summed E-state index contributed by atoms with van der Waals surface area (Å²) in [6.45, 7) is 2.49. The number of halogens is 2. The Morgan fingerprint density at radius 2 is 1.80 bits per heavy atom. The topological polar surface area (TPSA) is 43.8 Å². The Morgan fingerprint density at radius 3 is 2.25 bits per heavy atom. The van der Waals surface area contributed by atoms with E-state index in [0.717, 1.165) is 0 Å². The quantitative estimate of drug-likeness (QED) is 0.833. The van der Waals surface area contributed by atoms with E-state index < -0.39 is 23.5 Å². The first kappa shape index (κ1) is 16.4. The van der Waals surface area contributed by atoms with Crippen molar-refractivity contribution >= 4 is 11.7 Å². The van der Waals surface area contributed by atoms with Gasteiger partial charge in [-0.05, 0) is 26.2 Å². The van der Waals surface area contributed by atoms with E-state index in [1.54, 1.807) is 0 Å². The molecule has 0 bridgehead atoms.